The molecule has 220 valence electrons. The lowest BCUT2D eigenvalue weighted by atomic mass is 10.0. The number of carbonyl (C=O) groups excluding carboxylic acids is 1. The molecule has 0 amide bonds. The number of rotatable bonds is 25. The van der Waals surface area contributed by atoms with Crippen molar-refractivity contribution in [2.75, 3.05) is 6.61 Å². The number of hydrogen-bond donors (Lipinski definition) is 0. The molecular formula is C36H64O2. The third-order valence-corrected chi connectivity index (χ3v) is 7.31. The monoisotopic (exact) mass is 528 g/mol. The maximum absolute atomic E-state index is 12.0. The molecule has 0 aromatic heterocycles. The van der Waals surface area contributed by atoms with E-state index in [9.17, 15) is 4.79 Å². The van der Waals surface area contributed by atoms with Crippen molar-refractivity contribution in [2.24, 2.45) is 0 Å². The first-order valence-corrected chi connectivity index (χ1v) is 16.1. The fraction of sp³-hybridized carbons (Fsp3) is 0.750. The van der Waals surface area contributed by atoms with Crippen LogP contribution in [0.2, 0.25) is 0 Å². The van der Waals surface area contributed by atoms with Gasteiger partial charge >= 0.3 is 5.97 Å². The van der Waals surface area contributed by atoms with Gasteiger partial charge in [0.2, 0.25) is 0 Å². The maximum Gasteiger partial charge on any atom is 0.306 e. The van der Waals surface area contributed by atoms with E-state index in [0.29, 0.717) is 13.0 Å². The predicted molar refractivity (Wildman–Crippen MR) is 170 cm³/mol. The highest BCUT2D eigenvalue weighted by atomic mass is 16.5. The summed E-state index contributed by atoms with van der Waals surface area (Å²) in [5, 5.41) is 0. The molecule has 38 heavy (non-hydrogen) atoms. The van der Waals surface area contributed by atoms with E-state index < -0.39 is 0 Å². The lowest BCUT2D eigenvalue weighted by molar-refractivity contribution is -0.142. The van der Waals surface area contributed by atoms with Crippen LogP contribution >= 0.6 is 0 Å². The summed E-state index contributed by atoms with van der Waals surface area (Å²) in [7, 11) is 0. The molecular weight excluding hydrogens is 464 g/mol. The third kappa shape index (κ3) is 27.5. The number of carbonyl (C=O) groups is 1. The average Bonchev–Trinajstić information content (AvgIpc) is 2.86. The van der Waals surface area contributed by atoms with E-state index >= 15 is 0 Å². The van der Waals surface area contributed by atoms with Crippen LogP contribution < -0.4 is 0 Å². The Hall–Kier alpha value is -1.57. The van der Waals surface area contributed by atoms with Crippen LogP contribution in [0, 0.1) is 0 Å². The summed E-state index contributed by atoms with van der Waals surface area (Å²) in [6, 6.07) is 0. The zero-order valence-corrected chi connectivity index (χ0v) is 26.5. The van der Waals surface area contributed by atoms with Crippen LogP contribution in [0.4, 0.5) is 0 Å². The topological polar surface area (TPSA) is 26.3 Å². The molecule has 0 spiro atoms. The fourth-order valence-corrected chi connectivity index (χ4v) is 4.62. The Bertz CT molecular complexity index is 688. The van der Waals surface area contributed by atoms with Crippen LogP contribution in [-0.2, 0) is 9.53 Å². The summed E-state index contributed by atoms with van der Waals surface area (Å²) in [6.45, 7) is 13.7. The first-order valence-electron chi connectivity index (χ1n) is 16.1. The minimum atomic E-state index is -0.0444. The molecule has 2 nitrogen and oxygen atoms in total. The number of allylic oxidation sites excluding steroid dienone is 7. The molecule has 0 bridgehead atoms. The first kappa shape index (κ1) is 36.4. The lowest BCUT2D eigenvalue weighted by Gasteiger charge is -2.05. The van der Waals surface area contributed by atoms with Gasteiger partial charge in [0.15, 0.2) is 0 Å². The Kier molecular flexibility index (Phi) is 25.9. The van der Waals surface area contributed by atoms with Gasteiger partial charge in [0.05, 0.1) is 0 Å². The van der Waals surface area contributed by atoms with Crippen molar-refractivity contribution >= 4 is 5.97 Å². The Balaban J connectivity index is 3.71. The number of esters is 1. The number of unbranched alkanes of at least 4 members (excludes halogenated alkanes) is 12. The van der Waals surface area contributed by atoms with Crippen LogP contribution in [-0.4, -0.2) is 12.6 Å². The van der Waals surface area contributed by atoms with E-state index in [0.717, 1.165) is 44.9 Å². The first-order chi connectivity index (χ1) is 18.3. The second-order valence-corrected chi connectivity index (χ2v) is 11.7. The highest BCUT2D eigenvalue weighted by Gasteiger charge is 2.02. The molecule has 0 saturated carbocycles. The van der Waals surface area contributed by atoms with Crippen molar-refractivity contribution in [3.05, 3.63) is 46.6 Å². The van der Waals surface area contributed by atoms with E-state index in [4.69, 9.17) is 4.74 Å². The van der Waals surface area contributed by atoms with Gasteiger partial charge in [-0.1, -0.05) is 124 Å². The largest absolute Gasteiger partial charge is 0.461 e. The summed E-state index contributed by atoms with van der Waals surface area (Å²) >= 11 is 0. The number of hydrogen-bond acceptors (Lipinski definition) is 2. The zero-order valence-electron chi connectivity index (χ0n) is 26.5. The van der Waals surface area contributed by atoms with Crippen molar-refractivity contribution in [3.63, 3.8) is 0 Å². The molecule has 0 aliphatic carbocycles. The van der Waals surface area contributed by atoms with Crippen molar-refractivity contribution in [1.82, 2.24) is 0 Å². The van der Waals surface area contributed by atoms with Crippen LogP contribution in [0.25, 0.3) is 0 Å². The molecule has 0 aromatic rings. The summed E-state index contributed by atoms with van der Waals surface area (Å²) in [5.74, 6) is -0.0444. The smallest absolute Gasteiger partial charge is 0.306 e. The second kappa shape index (κ2) is 27.0. The summed E-state index contributed by atoms with van der Waals surface area (Å²) < 4.78 is 5.42. The van der Waals surface area contributed by atoms with Gasteiger partial charge < -0.3 is 4.74 Å². The van der Waals surface area contributed by atoms with Crippen LogP contribution in [0.1, 0.15) is 170 Å². The van der Waals surface area contributed by atoms with Gasteiger partial charge in [0.25, 0.3) is 0 Å². The molecule has 0 rings (SSSR count). The fourth-order valence-electron chi connectivity index (χ4n) is 4.62. The highest BCUT2D eigenvalue weighted by molar-refractivity contribution is 5.69. The van der Waals surface area contributed by atoms with Crippen molar-refractivity contribution < 1.29 is 9.53 Å². The molecule has 0 aliphatic rings. The van der Waals surface area contributed by atoms with Gasteiger partial charge in [0, 0.05) is 6.42 Å². The minimum absolute atomic E-state index is 0.0444. The Labute approximate surface area is 238 Å². The van der Waals surface area contributed by atoms with Crippen molar-refractivity contribution in [3.8, 4) is 0 Å². The molecule has 0 N–H and O–H groups in total. The van der Waals surface area contributed by atoms with Crippen molar-refractivity contribution in [2.45, 2.75) is 170 Å². The predicted octanol–water partition coefficient (Wildman–Crippen LogP) is 12.2. The molecule has 2 heteroatoms. The molecule has 0 heterocycles. The van der Waals surface area contributed by atoms with E-state index in [-0.39, 0.29) is 5.97 Å². The Morgan fingerprint density at radius 1 is 0.500 bits per heavy atom. The van der Waals surface area contributed by atoms with E-state index in [2.05, 4.69) is 65.8 Å². The maximum atomic E-state index is 12.0. The van der Waals surface area contributed by atoms with Crippen LogP contribution in [0.15, 0.2) is 46.6 Å². The third-order valence-electron chi connectivity index (χ3n) is 7.31. The van der Waals surface area contributed by atoms with Gasteiger partial charge in [-0.3, -0.25) is 4.79 Å². The zero-order chi connectivity index (χ0) is 28.3. The van der Waals surface area contributed by atoms with Gasteiger partial charge in [-0.15, -0.1) is 0 Å². The Morgan fingerprint density at radius 3 is 1.34 bits per heavy atom. The van der Waals surface area contributed by atoms with Crippen LogP contribution in [0.3, 0.4) is 0 Å². The molecule has 0 unspecified atom stereocenters. The number of ether oxygens (including phenoxy) is 1. The van der Waals surface area contributed by atoms with Gasteiger partial charge in [0.1, 0.15) is 6.61 Å². The van der Waals surface area contributed by atoms with E-state index in [1.807, 2.05) is 0 Å². The molecule has 0 aromatic carbocycles. The molecule has 0 atom stereocenters. The van der Waals surface area contributed by atoms with E-state index in [1.54, 1.807) is 0 Å². The lowest BCUT2D eigenvalue weighted by Crippen LogP contribution is -2.04. The van der Waals surface area contributed by atoms with Gasteiger partial charge in [-0.2, -0.15) is 0 Å². The molecule has 0 radical (unpaired) electrons. The van der Waals surface area contributed by atoms with Crippen LogP contribution in [0.5, 0.6) is 0 Å². The molecule has 0 fully saturated rings. The quantitative estimate of drug-likeness (QED) is 0.0669. The van der Waals surface area contributed by atoms with Gasteiger partial charge in [-0.05, 0) is 85.6 Å². The van der Waals surface area contributed by atoms with Crippen molar-refractivity contribution in [1.29, 1.82) is 0 Å². The summed E-state index contributed by atoms with van der Waals surface area (Å²) in [6.07, 6.45) is 33.6. The Morgan fingerprint density at radius 2 is 0.895 bits per heavy atom. The standard InChI is InChI=1S/C36H64O2/c1-7-8-9-10-11-12-13-14-15-16-17-18-19-29-36(37)38-31-30-35(6)28-22-27-34(5)26-21-25-33(4)24-20-23-32(2)3/h23,25,27,30H,7-22,24,26,28-29,31H2,1-6H3/b33-25+,34-27?,35-30+. The van der Waals surface area contributed by atoms with Gasteiger partial charge in [-0.25, -0.2) is 0 Å². The normalized spacial score (nSPS) is 12.6. The minimum Gasteiger partial charge on any atom is -0.461 e. The van der Waals surface area contributed by atoms with E-state index in [1.165, 1.54) is 99.3 Å². The summed E-state index contributed by atoms with van der Waals surface area (Å²) in [4.78, 5) is 12.0. The SMILES string of the molecule is CCCCCCCCCCCCCCCC(=O)OC/C=C(\C)CCC=C(C)CC/C=C(\C)CCC=C(C)C. The second-order valence-electron chi connectivity index (χ2n) is 11.7. The molecule has 0 saturated heterocycles. The highest BCUT2D eigenvalue weighted by Crippen LogP contribution is 2.15. The molecule has 0 aliphatic heterocycles. The average molecular weight is 529 g/mol. The summed E-state index contributed by atoms with van der Waals surface area (Å²) in [5.41, 5.74) is 5.68.